The number of nitrogens with zero attached hydrogens (tertiary/aromatic N) is 4. The van der Waals surface area contributed by atoms with Crippen LogP contribution < -0.4 is 31.6 Å². The molecular weight excluding hydrogens is 432 g/mol. The maximum atomic E-state index is 9.48. The van der Waals surface area contributed by atoms with Crippen molar-refractivity contribution in [2.75, 3.05) is 23.9 Å². The molecule has 0 fully saturated rings. The summed E-state index contributed by atoms with van der Waals surface area (Å²) in [6.07, 6.45) is 1.83. The molecule has 3 aromatic rings. The smallest absolute Gasteiger partial charge is 0.211 e. The minimum atomic E-state index is -0.674. The molecule has 4 rings (SSSR count). The first-order valence-electron chi connectivity index (χ1n) is 10.3. The Morgan fingerprint density at radius 1 is 1.12 bits per heavy atom. The van der Waals surface area contributed by atoms with E-state index in [1.165, 1.54) is 5.56 Å². The minimum Gasteiger partial charge on any atom is -0.493 e. The van der Waals surface area contributed by atoms with E-state index < -0.39 is 6.04 Å². The van der Waals surface area contributed by atoms with Crippen LogP contribution in [-0.2, 0) is 6.61 Å². The van der Waals surface area contributed by atoms with Crippen molar-refractivity contribution in [3.63, 3.8) is 0 Å². The third kappa shape index (κ3) is 4.20. The van der Waals surface area contributed by atoms with Gasteiger partial charge in [-0.25, -0.2) is 9.98 Å². The lowest BCUT2D eigenvalue weighted by Crippen LogP contribution is -2.32. The molecule has 0 amide bonds. The zero-order chi connectivity index (χ0) is 24.2. The van der Waals surface area contributed by atoms with Crippen LogP contribution in [-0.4, -0.2) is 18.1 Å². The predicted octanol–water partition coefficient (Wildman–Crippen LogP) is 2.96. The molecule has 0 spiro atoms. The van der Waals surface area contributed by atoms with Gasteiger partial charge in [-0.3, -0.25) is 5.32 Å². The van der Waals surface area contributed by atoms with Crippen molar-refractivity contribution in [3.05, 3.63) is 70.3 Å². The Kier molecular flexibility index (Phi) is 6.06. The minimum absolute atomic E-state index is 0.0133. The molecular formula is C24H22N8O2. The summed E-state index contributed by atoms with van der Waals surface area (Å²) in [7, 11) is 1.55. The topological polar surface area (TPSA) is 167 Å². The van der Waals surface area contributed by atoms with E-state index >= 15 is 0 Å². The number of rotatable bonds is 5. The zero-order valence-electron chi connectivity index (χ0n) is 18.6. The highest BCUT2D eigenvalue weighted by molar-refractivity contribution is 5.98. The summed E-state index contributed by atoms with van der Waals surface area (Å²) in [5.74, 6) is 1.53. The molecule has 10 heteroatoms. The van der Waals surface area contributed by atoms with Crippen LogP contribution in [0.4, 0.5) is 17.3 Å². The van der Waals surface area contributed by atoms with Gasteiger partial charge in [0, 0.05) is 5.56 Å². The van der Waals surface area contributed by atoms with E-state index in [0.29, 0.717) is 35.1 Å². The fourth-order valence-corrected chi connectivity index (χ4v) is 3.64. The molecule has 0 saturated heterocycles. The quantitative estimate of drug-likeness (QED) is 0.334. The van der Waals surface area contributed by atoms with Gasteiger partial charge in [-0.1, -0.05) is 35.9 Å². The highest BCUT2D eigenvalue weighted by Crippen LogP contribution is 2.42. The van der Waals surface area contributed by atoms with E-state index in [-0.39, 0.29) is 23.0 Å². The number of methoxy groups -OCH3 is 1. The lowest BCUT2D eigenvalue weighted by atomic mass is 9.95. The fourth-order valence-electron chi connectivity index (χ4n) is 3.64. The first-order valence-corrected chi connectivity index (χ1v) is 10.3. The number of fused-ring (bicyclic) bond motifs is 1. The van der Waals surface area contributed by atoms with Crippen molar-refractivity contribution >= 4 is 23.3 Å². The summed E-state index contributed by atoms with van der Waals surface area (Å²) in [6.45, 7) is 2.41. The third-order valence-electron chi connectivity index (χ3n) is 5.38. The van der Waals surface area contributed by atoms with Crippen LogP contribution in [0.15, 0.2) is 47.5 Å². The fraction of sp³-hybridized carbons (Fsp3) is 0.167. The number of hydrogen-bond donors (Lipinski definition) is 4. The van der Waals surface area contributed by atoms with Crippen molar-refractivity contribution < 1.29 is 9.47 Å². The van der Waals surface area contributed by atoms with E-state index in [9.17, 15) is 5.26 Å². The maximum absolute atomic E-state index is 9.48. The monoisotopic (exact) mass is 454 g/mol. The second kappa shape index (κ2) is 9.27. The Morgan fingerprint density at radius 2 is 1.88 bits per heavy atom. The van der Waals surface area contributed by atoms with Gasteiger partial charge in [-0.15, -0.1) is 0 Å². The molecule has 2 heterocycles. The van der Waals surface area contributed by atoms with Crippen LogP contribution in [0, 0.1) is 29.7 Å². The molecule has 1 aliphatic heterocycles. The second-order valence-corrected chi connectivity index (χ2v) is 7.59. The predicted molar refractivity (Wildman–Crippen MR) is 128 cm³/mol. The normalized spacial score (nSPS) is 14.0. The Bertz CT molecular complexity index is 1350. The van der Waals surface area contributed by atoms with Crippen molar-refractivity contribution in [2.24, 2.45) is 4.99 Å². The number of anilines is 3. The molecule has 2 aromatic carbocycles. The van der Waals surface area contributed by atoms with Crippen molar-refractivity contribution in [2.45, 2.75) is 19.6 Å². The number of nitrogen functional groups attached to an aromatic ring is 2. The number of pyridine rings is 1. The Balaban J connectivity index is 1.72. The average molecular weight is 454 g/mol. The number of nitriles is 2. The van der Waals surface area contributed by atoms with Gasteiger partial charge in [0.2, 0.25) is 5.96 Å². The summed E-state index contributed by atoms with van der Waals surface area (Å²) in [5.41, 5.74) is 15.8. The number of hydrogen-bond acceptors (Lipinski definition) is 10. The van der Waals surface area contributed by atoms with Gasteiger partial charge in [0.15, 0.2) is 17.7 Å². The number of nitrogens with two attached hydrogens (primary N) is 2. The number of aromatic nitrogens is 1. The van der Waals surface area contributed by atoms with Crippen LogP contribution in [0.25, 0.3) is 0 Å². The van der Waals surface area contributed by atoms with Gasteiger partial charge < -0.3 is 26.3 Å². The SMILES string of the molecule is COc1cc(C2N=C(NC#N)Nc3nc(N)c(C#N)c(N)c32)ccc1OCc1ccc(C)cc1. The third-order valence-corrected chi connectivity index (χ3v) is 5.38. The molecule has 6 N–H and O–H groups in total. The largest absolute Gasteiger partial charge is 0.493 e. The molecule has 34 heavy (non-hydrogen) atoms. The lowest BCUT2D eigenvalue weighted by Gasteiger charge is -2.26. The van der Waals surface area contributed by atoms with E-state index in [2.05, 4.69) is 20.6 Å². The summed E-state index contributed by atoms with van der Waals surface area (Å²) in [6, 6.07) is 14.8. The Labute approximate surface area is 196 Å². The molecule has 1 atom stereocenters. The number of guanidine groups is 1. The molecule has 0 radical (unpaired) electrons. The zero-order valence-corrected chi connectivity index (χ0v) is 18.6. The molecule has 1 aliphatic rings. The maximum Gasteiger partial charge on any atom is 0.211 e. The average Bonchev–Trinajstić information content (AvgIpc) is 2.83. The summed E-state index contributed by atoms with van der Waals surface area (Å²) >= 11 is 0. The number of aryl methyl sites for hydroxylation is 1. The van der Waals surface area contributed by atoms with Gasteiger partial charge >= 0.3 is 0 Å². The molecule has 10 nitrogen and oxygen atoms in total. The standard InChI is InChI=1S/C24H22N8O2/c1-13-3-5-14(6-4-13)11-34-17-8-7-15(9-18(17)33-2)21-19-20(27)16(10-25)22(28)31-23(19)32-24(30-21)29-12-26/h3-9,21H,11H2,1-2H3,(H6,27,28,29,30,31,32). The number of nitrogens with one attached hydrogen (secondary N) is 2. The molecule has 0 aliphatic carbocycles. The van der Waals surface area contributed by atoms with E-state index in [1.807, 2.05) is 49.5 Å². The van der Waals surface area contributed by atoms with Gasteiger partial charge in [0.25, 0.3) is 0 Å². The molecule has 0 saturated carbocycles. The van der Waals surface area contributed by atoms with Crippen molar-refractivity contribution in [3.8, 4) is 23.8 Å². The first kappa shape index (κ1) is 22.2. The van der Waals surface area contributed by atoms with Crippen molar-refractivity contribution in [1.29, 1.82) is 10.5 Å². The van der Waals surface area contributed by atoms with E-state index in [4.69, 9.17) is 26.2 Å². The van der Waals surface area contributed by atoms with Gasteiger partial charge in [0.05, 0.1) is 12.8 Å². The van der Waals surface area contributed by atoms with Crippen LogP contribution in [0.2, 0.25) is 0 Å². The van der Waals surface area contributed by atoms with Crippen LogP contribution in [0.3, 0.4) is 0 Å². The van der Waals surface area contributed by atoms with Crippen LogP contribution in [0.1, 0.15) is 33.9 Å². The van der Waals surface area contributed by atoms with Crippen molar-refractivity contribution in [1.82, 2.24) is 10.3 Å². The molecule has 170 valence electrons. The Hall–Kier alpha value is -4.96. The Morgan fingerprint density at radius 3 is 2.56 bits per heavy atom. The number of benzene rings is 2. The summed E-state index contributed by atoms with van der Waals surface area (Å²) in [5, 5.41) is 23.9. The van der Waals surface area contributed by atoms with Crippen LogP contribution >= 0.6 is 0 Å². The van der Waals surface area contributed by atoms with Gasteiger partial charge in [-0.2, -0.15) is 10.5 Å². The summed E-state index contributed by atoms with van der Waals surface area (Å²) in [4.78, 5) is 8.82. The van der Waals surface area contributed by atoms with Gasteiger partial charge in [0.1, 0.15) is 35.9 Å². The van der Waals surface area contributed by atoms with Crippen LogP contribution in [0.5, 0.6) is 11.5 Å². The number of ether oxygens (including phenoxy) is 2. The highest BCUT2D eigenvalue weighted by atomic mass is 16.5. The highest BCUT2D eigenvalue weighted by Gasteiger charge is 2.30. The molecule has 1 aromatic heterocycles. The molecule has 1 unspecified atom stereocenters. The summed E-state index contributed by atoms with van der Waals surface area (Å²) < 4.78 is 11.5. The lowest BCUT2D eigenvalue weighted by molar-refractivity contribution is 0.284. The molecule has 0 bridgehead atoms. The first-order chi connectivity index (χ1) is 16.4. The van der Waals surface area contributed by atoms with E-state index in [0.717, 1.165) is 5.56 Å². The number of aliphatic imine (C=N–C) groups is 1. The van der Waals surface area contributed by atoms with E-state index in [1.54, 1.807) is 19.2 Å². The van der Waals surface area contributed by atoms with Gasteiger partial charge in [-0.05, 0) is 30.2 Å². The second-order valence-electron chi connectivity index (χ2n) is 7.59.